The summed E-state index contributed by atoms with van der Waals surface area (Å²) in [6.07, 6.45) is 8.09. The maximum absolute atomic E-state index is 12.6. The molecule has 1 fully saturated rings. The van der Waals surface area contributed by atoms with Crippen molar-refractivity contribution in [2.75, 3.05) is 13.2 Å². The van der Waals surface area contributed by atoms with Crippen molar-refractivity contribution in [3.63, 3.8) is 0 Å². The Morgan fingerprint density at radius 3 is 2.32 bits per heavy atom. The number of carbonyl (C=O) groups is 3. The fourth-order valence-corrected chi connectivity index (χ4v) is 3.00. The molecule has 0 spiro atoms. The minimum Gasteiger partial charge on any atom is -0.465 e. The molecule has 0 heterocycles. The summed E-state index contributed by atoms with van der Waals surface area (Å²) in [5.41, 5.74) is -1.57. The highest BCUT2D eigenvalue weighted by molar-refractivity contribution is 6.01. The van der Waals surface area contributed by atoms with Crippen molar-refractivity contribution in [1.29, 1.82) is 0 Å². The largest absolute Gasteiger partial charge is 0.465 e. The first kappa shape index (κ1) is 18.2. The first-order valence-corrected chi connectivity index (χ1v) is 7.82. The number of esters is 2. The predicted octanol–water partition coefficient (Wildman–Crippen LogP) is 2.27. The maximum atomic E-state index is 12.6. The Balaban J connectivity index is 3.26. The third kappa shape index (κ3) is 3.88. The molecule has 0 aromatic carbocycles. The Morgan fingerprint density at radius 2 is 1.82 bits per heavy atom. The quantitative estimate of drug-likeness (QED) is 0.326. The Labute approximate surface area is 131 Å². The van der Waals surface area contributed by atoms with Crippen LogP contribution in [0.4, 0.5) is 0 Å². The van der Waals surface area contributed by atoms with Crippen LogP contribution >= 0.6 is 0 Å². The van der Waals surface area contributed by atoms with Crippen LogP contribution < -0.4 is 0 Å². The first-order valence-electron chi connectivity index (χ1n) is 7.82. The van der Waals surface area contributed by atoms with Gasteiger partial charge >= 0.3 is 11.9 Å². The molecule has 1 rings (SSSR count). The van der Waals surface area contributed by atoms with Crippen LogP contribution in [0.1, 0.15) is 52.4 Å². The molecule has 122 valence electrons. The summed E-state index contributed by atoms with van der Waals surface area (Å²) >= 11 is 0. The van der Waals surface area contributed by atoms with E-state index in [0.29, 0.717) is 12.8 Å². The van der Waals surface area contributed by atoms with Gasteiger partial charge in [0.05, 0.1) is 13.2 Å². The van der Waals surface area contributed by atoms with E-state index in [4.69, 9.17) is 15.9 Å². The average molecular weight is 308 g/mol. The van der Waals surface area contributed by atoms with Gasteiger partial charge in [0.15, 0.2) is 5.41 Å². The molecule has 1 unspecified atom stereocenters. The van der Waals surface area contributed by atoms with Crippen LogP contribution in [0.15, 0.2) is 0 Å². The number of Topliss-reactive ketones (excluding diaryl/α,β-unsaturated/α-hetero) is 1. The van der Waals surface area contributed by atoms with E-state index in [0.717, 1.165) is 12.8 Å². The van der Waals surface area contributed by atoms with Gasteiger partial charge in [0, 0.05) is 19.3 Å². The molecule has 1 aliphatic carbocycles. The van der Waals surface area contributed by atoms with Gasteiger partial charge in [0.25, 0.3) is 0 Å². The second kappa shape index (κ2) is 8.57. The van der Waals surface area contributed by atoms with E-state index in [1.54, 1.807) is 13.8 Å². The number of ketones is 1. The molecular weight excluding hydrogens is 284 g/mol. The van der Waals surface area contributed by atoms with E-state index in [-0.39, 0.29) is 31.8 Å². The number of terminal acetylenes is 1. The molecule has 0 radical (unpaired) electrons. The summed E-state index contributed by atoms with van der Waals surface area (Å²) in [5, 5.41) is 0. The molecule has 22 heavy (non-hydrogen) atoms. The standard InChI is InChI=1S/C17H24O5/c1-4-11-17(15(19)21-5-2,16(20)22-6-3)13-9-7-8-10-14(18)12-13/h1,13H,5-12H2,2-3H3. The lowest BCUT2D eigenvalue weighted by Crippen LogP contribution is -2.48. The zero-order valence-corrected chi connectivity index (χ0v) is 13.4. The van der Waals surface area contributed by atoms with Gasteiger partial charge in [-0.05, 0) is 32.6 Å². The van der Waals surface area contributed by atoms with Crippen LogP contribution in [-0.2, 0) is 23.9 Å². The summed E-state index contributed by atoms with van der Waals surface area (Å²) in [6.45, 7) is 3.63. The van der Waals surface area contributed by atoms with Gasteiger partial charge in [-0.15, -0.1) is 12.3 Å². The van der Waals surface area contributed by atoms with E-state index < -0.39 is 23.3 Å². The maximum Gasteiger partial charge on any atom is 0.324 e. The molecule has 0 amide bonds. The highest BCUT2D eigenvalue weighted by atomic mass is 16.6. The van der Waals surface area contributed by atoms with Crippen LogP contribution in [0.2, 0.25) is 0 Å². The Hall–Kier alpha value is -1.83. The lowest BCUT2D eigenvalue weighted by molar-refractivity contribution is -0.177. The fraction of sp³-hybridized carbons (Fsp3) is 0.706. The minimum atomic E-state index is -1.57. The number of rotatable bonds is 6. The molecule has 1 saturated carbocycles. The number of hydrogen-bond donors (Lipinski definition) is 0. The van der Waals surface area contributed by atoms with Gasteiger partial charge < -0.3 is 9.47 Å². The van der Waals surface area contributed by atoms with Crippen LogP contribution in [-0.4, -0.2) is 30.9 Å². The lowest BCUT2D eigenvalue weighted by atomic mass is 9.69. The van der Waals surface area contributed by atoms with Crippen molar-refractivity contribution in [1.82, 2.24) is 0 Å². The SMILES string of the molecule is C#CCC(C(=O)OCC)(C(=O)OCC)C1CCCCC(=O)C1. The van der Waals surface area contributed by atoms with E-state index in [9.17, 15) is 14.4 Å². The summed E-state index contributed by atoms with van der Waals surface area (Å²) in [5.74, 6) is 0.649. The Bertz CT molecular complexity index is 442. The van der Waals surface area contributed by atoms with Crippen LogP contribution in [0.25, 0.3) is 0 Å². The van der Waals surface area contributed by atoms with Crippen molar-refractivity contribution < 1.29 is 23.9 Å². The Kier molecular flexibility index (Phi) is 7.10. The van der Waals surface area contributed by atoms with Gasteiger partial charge in [-0.25, -0.2) is 0 Å². The minimum absolute atomic E-state index is 0.0532. The molecular formula is C17H24O5. The highest BCUT2D eigenvalue weighted by Gasteiger charge is 2.54. The summed E-state index contributed by atoms with van der Waals surface area (Å²) in [7, 11) is 0. The third-order valence-corrected chi connectivity index (χ3v) is 4.09. The first-order chi connectivity index (χ1) is 10.5. The van der Waals surface area contributed by atoms with Crippen molar-refractivity contribution in [3.05, 3.63) is 0 Å². The fourth-order valence-electron chi connectivity index (χ4n) is 3.00. The Morgan fingerprint density at radius 1 is 1.23 bits per heavy atom. The molecule has 0 aliphatic heterocycles. The molecule has 0 aromatic heterocycles. The molecule has 0 bridgehead atoms. The summed E-state index contributed by atoms with van der Waals surface area (Å²) in [6, 6.07) is 0. The van der Waals surface area contributed by atoms with Crippen molar-refractivity contribution in [2.45, 2.75) is 52.4 Å². The number of ether oxygens (including phenoxy) is 2. The topological polar surface area (TPSA) is 69.7 Å². The van der Waals surface area contributed by atoms with Crippen LogP contribution in [0, 0.1) is 23.7 Å². The molecule has 5 heteroatoms. The van der Waals surface area contributed by atoms with Gasteiger partial charge in [-0.3, -0.25) is 14.4 Å². The number of hydrogen-bond acceptors (Lipinski definition) is 5. The second-order valence-corrected chi connectivity index (χ2v) is 5.48. The highest BCUT2D eigenvalue weighted by Crippen LogP contribution is 2.42. The smallest absolute Gasteiger partial charge is 0.324 e. The van der Waals surface area contributed by atoms with E-state index in [2.05, 4.69) is 5.92 Å². The number of carbonyl (C=O) groups excluding carboxylic acids is 3. The zero-order valence-electron chi connectivity index (χ0n) is 13.4. The predicted molar refractivity (Wildman–Crippen MR) is 80.7 cm³/mol. The second-order valence-electron chi connectivity index (χ2n) is 5.48. The molecule has 5 nitrogen and oxygen atoms in total. The summed E-state index contributed by atoms with van der Waals surface area (Å²) in [4.78, 5) is 37.1. The molecule has 1 atom stereocenters. The van der Waals surface area contributed by atoms with E-state index in [1.807, 2.05) is 0 Å². The molecule has 0 aromatic rings. The van der Waals surface area contributed by atoms with Crippen molar-refractivity contribution >= 4 is 17.7 Å². The molecule has 0 saturated heterocycles. The van der Waals surface area contributed by atoms with Crippen LogP contribution in [0.3, 0.4) is 0 Å². The lowest BCUT2D eigenvalue weighted by Gasteiger charge is -2.34. The van der Waals surface area contributed by atoms with Crippen molar-refractivity contribution in [3.8, 4) is 12.3 Å². The average Bonchev–Trinajstić information content (AvgIpc) is 2.70. The molecule has 0 N–H and O–H groups in total. The summed E-state index contributed by atoms with van der Waals surface area (Å²) < 4.78 is 10.2. The normalized spacial score (nSPS) is 19.0. The van der Waals surface area contributed by atoms with Gasteiger partial charge in [-0.2, -0.15) is 0 Å². The monoisotopic (exact) mass is 308 g/mol. The van der Waals surface area contributed by atoms with Gasteiger partial charge in [0.1, 0.15) is 5.78 Å². The zero-order chi connectivity index (χ0) is 16.6. The van der Waals surface area contributed by atoms with Crippen LogP contribution in [0.5, 0.6) is 0 Å². The van der Waals surface area contributed by atoms with E-state index >= 15 is 0 Å². The van der Waals surface area contributed by atoms with E-state index in [1.165, 1.54) is 0 Å². The molecule has 1 aliphatic rings. The van der Waals surface area contributed by atoms with Gasteiger partial charge in [-0.1, -0.05) is 6.42 Å². The van der Waals surface area contributed by atoms with Crippen molar-refractivity contribution in [2.24, 2.45) is 11.3 Å². The van der Waals surface area contributed by atoms with Gasteiger partial charge in [0.2, 0.25) is 0 Å². The third-order valence-electron chi connectivity index (χ3n) is 4.09.